The predicted molar refractivity (Wildman–Crippen MR) is 104 cm³/mol. The Labute approximate surface area is 168 Å². The second kappa shape index (κ2) is 7.35. The van der Waals surface area contributed by atoms with Gasteiger partial charge in [0.25, 0.3) is 5.91 Å². The fraction of sp³-hybridized carbons (Fsp3) is 0.368. The summed E-state index contributed by atoms with van der Waals surface area (Å²) in [5.41, 5.74) is 0.499. The van der Waals surface area contributed by atoms with E-state index in [0.717, 1.165) is 6.42 Å². The summed E-state index contributed by atoms with van der Waals surface area (Å²) in [6.45, 7) is 0.362. The second-order valence-electron chi connectivity index (χ2n) is 7.08. The molecule has 1 N–H and O–H groups in total. The van der Waals surface area contributed by atoms with Crippen LogP contribution in [0, 0.1) is 5.92 Å². The first-order valence-electron chi connectivity index (χ1n) is 8.96. The Morgan fingerprint density at radius 3 is 2.79 bits per heavy atom. The minimum Gasteiger partial charge on any atom is -0.495 e. The largest absolute Gasteiger partial charge is 0.495 e. The van der Waals surface area contributed by atoms with Gasteiger partial charge in [0, 0.05) is 36.0 Å². The molecule has 2 aliphatic rings. The van der Waals surface area contributed by atoms with Gasteiger partial charge in [0.1, 0.15) is 10.6 Å². The highest BCUT2D eigenvalue weighted by molar-refractivity contribution is 7.89. The molecule has 148 valence electrons. The van der Waals surface area contributed by atoms with Crippen LogP contribution in [0.15, 0.2) is 47.6 Å². The Morgan fingerprint density at radius 2 is 2.14 bits per heavy atom. The van der Waals surface area contributed by atoms with Crippen LogP contribution in [0.5, 0.6) is 5.75 Å². The fourth-order valence-electron chi connectivity index (χ4n) is 4.11. The molecule has 1 aromatic heterocycles. The highest BCUT2D eigenvalue weighted by atomic mass is 35.5. The smallest absolute Gasteiger partial charge is 0.253 e. The third-order valence-electron chi connectivity index (χ3n) is 5.44. The summed E-state index contributed by atoms with van der Waals surface area (Å²) in [6.07, 6.45) is 4.44. The van der Waals surface area contributed by atoms with Crippen molar-refractivity contribution in [1.82, 2.24) is 14.6 Å². The third-order valence-corrected chi connectivity index (χ3v) is 7.62. The molecule has 1 aliphatic carbocycles. The van der Waals surface area contributed by atoms with Crippen molar-refractivity contribution in [3.8, 4) is 5.75 Å². The van der Waals surface area contributed by atoms with Crippen LogP contribution in [0.1, 0.15) is 23.2 Å². The van der Waals surface area contributed by atoms with E-state index in [9.17, 15) is 13.2 Å². The zero-order chi connectivity index (χ0) is 19.9. The van der Waals surface area contributed by atoms with Gasteiger partial charge in [-0.3, -0.25) is 9.78 Å². The molecule has 28 heavy (non-hydrogen) atoms. The molecule has 4 rings (SSSR count). The van der Waals surface area contributed by atoms with Gasteiger partial charge < -0.3 is 10.1 Å². The molecule has 1 saturated carbocycles. The van der Waals surface area contributed by atoms with Gasteiger partial charge in [0.05, 0.1) is 12.7 Å². The summed E-state index contributed by atoms with van der Waals surface area (Å²) in [4.78, 5) is 16.4. The van der Waals surface area contributed by atoms with Gasteiger partial charge in [-0.15, -0.1) is 0 Å². The number of fused-ring (bicyclic) bond motifs is 2. The minimum atomic E-state index is -3.74. The monoisotopic (exact) mass is 421 g/mol. The maximum atomic E-state index is 13.2. The Balaban J connectivity index is 1.50. The van der Waals surface area contributed by atoms with E-state index in [2.05, 4.69) is 10.3 Å². The lowest BCUT2D eigenvalue weighted by molar-refractivity contribution is 0.0919. The van der Waals surface area contributed by atoms with Gasteiger partial charge in [-0.25, -0.2) is 8.42 Å². The molecule has 2 aromatic rings. The van der Waals surface area contributed by atoms with Gasteiger partial charge in [-0.05, 0) is 49.1 Å². The Morgan fingerprint density at radius 1 is 1.32 bits per heavy atom. The Hall–Kier alpha value is -2.16. The Kier molecular flexibility index (Phi) is 5.03. The standard InChI is InChI=1S/C19H20ClN3O4S/c1-27-17-5-4-14(20)8-18(17)28(25,26)23-11-13-7-15(23)9-16(13)22-19(24)12-3-2-6-21-10-12/h2-6,8,10,13,15-16H,7,9,11H2,1H3,(H,22,24)/t13-,15-,16-/m0/s1. The molecular formula is C19H20ClN3O4S. The zero-order valence-electron chi connectivity index (χ0n) is 15.2. The molecule has 9 heteroatoms. The summed E-state index contributed by atoms with van der Waals surface area (Å²) in [7, 11) is -2.30. The highest BCUT2D eigenvalue weighted by Gasteiger charge is 2.50. The number of piperidine rings is 1. The summed E-state index contributed by atoms with van der Waals surface area (Å²) in [6, 6.07) is 7.78. The van der Waals surface area contributed by atoms with E-state index in [4.69, 9.17) is 16.3 Å². The van der Waals surface area contributed by atoms with Gasteiger partial charge in [-0.1, -0.05) is 11.6 Å². The lowest BCUT2D eigenvalue weighted by Crippen LogP contribution is -2.47. The molecule has 2 fully saturated rings. The number of hydrogen-bond donors (Lipinski definition) is 1. The lowest BCUT2D eigenvalue weighted by atomic mass is 10.0. The maximum absolute atomic E-state index is 13.2. The van der Waals surface area contributed by atoms with Crippen molar-refractivity contribution in [2.75, 3.05) is 13.7 Å². The van der Waals surface area contributed by atoms with Crippen LogP contribution in [0.25, 0.3) is 0 Å². The topological polar surface area (TPSA) is 88.6 Å². The van der Waals surface area contributed by atoms with Crippen molar-refractivity contribution >= 4 is 27.5 Å². The number of methoxy groups -OCH3 is 1. The number of benzene rings is 1. The summed E-state index contributed by atoms with van der Waals surface area (Å²) >= 11 is 6.01. The molecule has 1 amide bonds. The maximum Gasteiger partial charge on any atom is 0.253 e. The first kappa shape index (κ1) is 19.2. The van der Waals surface area contributed by atoms with Gasteiger partial charge in [0.15, 0.2) is 0 Å². The number of ether oxygens (including phenoxy) is 1. The van der Waals surface area contributed by atoms with Crippen LogP contribution >= 0.6 is 11.6 Å². The summed E-state index contributed by atoms with van der Waals surface area (Å²) in [5, 5.41) is 3.36. The first-order valence-corrected chi connectivity index (χ1v) is 10.8. The molecule has 1 aromatic carbocycles. The quantitative estimate of drug-likeness (QED) is 0.800. The van der Waals surface area contributed by atoms with E-state index in [1.807, 2.05) is 0 Å². The lowest BCUT2D eigenvalue weighted by Gasteiger charge is -2.31. The SMILES string of the molecule is COc1ccc(Cl)cc1S(=O)(=O)N1C[C@@H]2C[C@H]1C[C@@H]2NC(=O)c1cccnc1. The molecule has 3 atom stereocenters. The number of pyridine rings is 1. The number of amides is 1. The minimum absolute atomic E-state index is 0.0505. The second-order valence-corrected chi connectivity index (χ2v) is 9.37. The molecule has 2 heterocycles. The number of nitrogens with one attached hydrogen (secondary N) is 1. The van der Waals surface area contributed by atoms with Gasteiger partial charge in [-0.2, -0.15) is 4.31 Å². The highest BCUT2D eigenvalue weighted by Crippen LogP contribution is 2.42. The van der Waals surface area contributed by atoms with Crippen molar-refractivity contribution in [3.63, 3.8) is 0 Å². The summed E-state index contributed by atoms with van der Waals surface area (Å²) < 4.78 is 33.1. The first-order chi connectivity index (χ1) is 13.4. The average molecular weight is 422 g/mol. The van der Waals surface area contributed by atoms with Crippen LogP contribution in [0.2, 0.25) is 5.02 Å². The van der Waals surface area contributed by atoms with Crippen molar-refractivity contribution in [2.24, 2.45) is 5.92 Å². The van der Waals surface area contributed by atoms with Gasteiger partial charge >= 0.3 is 0 Å². The number of rotatable bonds is 5. The van der Waals surface area contributed by atoms with Crippen molar-refractivity contribution in [1.29, 1.82) is 0 Å². The van der Waals surface area contributed by atoms with E-state index in [1.165, 1.54) is 23.7 Å². The Bertz CT molecular complexity index is 999. The molecule has 0 unspecified atom stereocenters. The fourth-order valence-corrected chi connectivity index (χ4v) is 6.23. The number of halogens is 1. The van der Waals surface area contributed by atoms with Crippen LogP contribution in [-0.2, 0) is 10.0 Å². The molecular weight excluding hydrogens is 402 g/mol. The number of hydrogen-bond acceptors (Lipinski definition) is 5. The number of sulfonamides is 1. The van der Waals surface area contributed by atoms with E-state index in [1.54, 1.807) is 30.5 Å². The number of aromatic nitrogens is 1. The molecule has 2 bridgehead atoms. The van der Waals surface area contributed by atoms with E-state index >= 15 is 0 Å². The van der Waals surface area contributed by atoms with Crippen molar-refractivity contribution in [3.05, 3.63) is 53.3 Å². The van der Waals surface area contributed by atoms with Crippen LogP contribution in [0.3, 0.4) is 0 Å². The molecule has 0 radical (unpaired) electrons. The van der Waals surface area contributed by atoms with E-state index < -0.39 is 10.0 Å². The summed E-state index contributed by atoms with van der Waals surface area (Å²) in [5.74, 6) is 0.163. The average Bonchev–Trinajstić information content (AvgIpc) is 3.29. The number of carbonyl (C=O) groups excluding carboxylic acids is 1. The van der Waals surface area contributed by atoms with E-state index in [-0.39, 0.29) is 34.6 Å². The molecule has 1 saturated heterocycles. The predicted octanol–water partition coefficient (Wildman–Crippen LogP) is 2.33. The normalized spacial score (nSPS) is 24.3. The van der Waals surface area contributed by atoms with E-state index in [0.29, 0.717) is 23.6 Å². The molecule has 1 aliphatic heterocycles. The third kappa shape index (κ3) is 3.36. The van der Waals surface area contributed by atoms with Crippen LogP contribution < -0.4 is 10.1 Å². The number of nitrogens with zero attached hydrogens (tertiary/aromatic N) is 2. The molecule has 7 nitrogen and oxygen atoms in total. The van der Waals surface area contributed by atoms with Crippen LogP contribution in [-0.4, -0.2) is 49.4 Å². The molecule has 0 spiro atoms. The van der Waals surface area contributed by atoms with Crippen molar-refractivity contribution < 1.29 is 17.9 Å². The van der Waals surface area contributed by atoms with Gasteiger partial charge in [0.2, 0.25) is 10.0 Å². The number of carbonyl (C=O) groups is 1. The zero-order valence-corrected chi connectivity index (χ0v) is 16.8. The van der Waals surface area contributed by atoms with Crippen LogP contribution in [0.4, 0.5) is 0 Å². The van der Waals surface area contributed by atoms with Crippen molar-refractivity contribution in [2.45, 2.75) is 29.8 Å².